The average Bonchev–Trinajstić information content (AvgIpc) is 3.02. The second-order valence-electron chi connectivity index (χ2n) is 12.6. The Labute approximate surface area is 216 Å². The van der Waals surface area contributed by atoms with Gasteiger partial charge in [-0.2, -0.15) is 0 Å². The Balaban J connectivity index is 1.53. The number of rotatable bonds is 0. The van der Waals surface area contributed by atoms with E-state index in [0.29, 0.717) is 41.4 Å². The second kappa shape index (κ2) is 12.9. The lowest BCUT2D eigenvalue weighted by molar-refractivity contribution is -0.0997. The maximum absolute atomic E-state index is 7.27. The quantitative estimate of drug-likeness (QED) is 0.304. The lowest BCUT2D eigenvalue weighted by Gasteiger charge is -2.60. The van der Waals surface area contributed by atoms with E-state index >= 15 is 0 Å². The Hall–Kier alpha value is 0.570. The first-order valence-corrected chi connectivity index (χ1v) is 18.7. The molecule has 0 amide bonds. The topological polar surface area (TPSA) is 18.5 Å². The monoisotopic (exact) mass is 508 g/mol. The summed E-state index contributed by atoms with van der Waals surface area (Å²) in [5.74, 6) is 0. The lowest BCUT2D eigenvalue weighted by Crippen LogP contribution is -2.59. The van der Waals surface area contributed by atoms with Crippen LogP contribution in [0.3, 0.4) is 0 Å². The summed E-state index contributed by atoms with van der Waals surface area (Å²) in [6.07, 6.45) is 33.2. The van der Waals surface area contributed by atoms with Crippen LogP contribution in [0.15, 0.2) is 0 Å². The molecule has 4 heteroatoms. The zero-order chi connectivity index (χ0) is 23.2. The number of hydrogen-bond acceptors (Lipinski definition) is 3. The Morgan fingerprint density at radius 3 is 1.06 bits per heavy atom. The fourth-order valence-corrected chi connectivity index (χ4v) is 16.3. The molecule has 5 fully saturated rings. The normalized spacial score (nSPS) is 45.6. The smallest absolute Gasteiger partial charge is 0.0679 e. The minimum Gasteiger partial charge on any atom is -0.374 e. The van der Waals surface area contributed by atoms with Crippen LogP contribution < -0.4 is 0 Å². The maximum atomic E-state index is 7.27. The first kappa shape index (κ1) is 26.2. The lowest BCUT2D eigenvalue weighted by atomic mass is 9.95. The molecule has 6 atom stereocenters. The Kier molecular flexibility index (Phi) is 9.93. The minimum absolute atomic E-state index is 0.394. The van der Waals surface area contributed by atoms with E-state index < -0.39 is 6.04 Å². The summed E-state index contributed by atoms with van der Waals surface area (Å²) in [5, 5.41) is 0. The van der Waals surface area contributed by atoms with Crippen molar-refractivity contribution in [3.05, 3.63) is 0 Å². The Morgan fingerprint density at radius 2 is 0.676 bits per heavy atom. The van der Waals surface area contributed by atoms with Crippen molar-refractivity contribution in [1.82, 2.24) is 0 Å². The van der Waals surface area contributed by atoms with Gasteiger partial charge in [-0.3, -0.25) is 0 Å². The van der Waals surface area contributed by atoms with Gasteiger partial charge in [0.15, 0.2) is 0 Å². The molecule has 2 saturated heterocycles. The molecule has 5 aliphatic rings. The van der Waals surface area contributed by atoms with Gasteiger partial charge in [0.1, 0.15) is 0 Å². The number of hydrogen-bond donors (Lipinski definition) is 0. The molecule has 2 heterocycles. The fourth-order valence-electron chi connectivity index (χ4n) is 8.57. The second-order valence-corrected chi connectivity index (χ2v) is 17.9. The van der Waals surface area contributed by atoms with Gasteiger partial charge in [0, 0.05) is 17.0 Å². The predicted molar refractivity (Wildman–Crippen MR) is 149 cm³/mol. The van der Waals surface area contributed by atoms with Crippen molar-refractivity contribution in [2.75, 3.05) is 0 Å². The van der Waals surface area contributed by atoms with Crippen LogP contribution in [0.25, 0.3) is 0 Å². The maximum Gasteiger partial charge on any atom is 0.0679 e. The molecule has 0 aromatic rings. The largest absolute Gasteiger partial charge is 0.374 e. The van der Waals surface area contributed by atoms with Crippen molar-refractivity contribution in [1.29, 1.82) is 0 Å². The fraction of sp³-hybridized carbons (Fsp3) is 1.00. The van der Waals surface area contributed by atoms with Gasteiger partial charge in [0.25, 0.3) is 0 Å². The van der Waals surface area contributed by atoms with Gasteiger partial charge >= 0.3 is 0 Å². The summed E-state index contributed by atoms with van der Waals surface area (Å²) in [6.45, 7) is 0. The van der Waals surface area contributed by atoms with Crippen LogP contribution in [0.1, 0.15) is 148 Å². The molecule has 34 heavy (non-hydrogen) atoms. The van der Waals surface area contributed by atoms with Crippen molar-refractivity contribution >= 4 is 17.8 Å². The minimum atomic E-state index is -1.61. The van der Waals surface area contributed by atoms with Gasteiger partial charge in [-0.25, -0.2) is 0 Å². The highest BCUT2D eigenvalue weighted by molar-refractivity contribution is 8.15. The van der Waals surface area contributed by atoms with E-state index in [1.807, 2.05) is 0 Å². The van der Waals surface area contributed by atoms with Gasteiger partial charge in [0.05, 0.1) is 24.4 Å². The third-order valence-corrected chi connectivity index (χ3v) is 17.5. The van der Waals surface area contributed by atoms with E-state index in [9.17, 15) is 0 Å². The predicted octanol–water partition coefficient (Wildman–Crippen LogP) is 9.12. The number of ether oxygens (including phenoxy) is 2. The van der Waals surface area contributed by atoms with Gasteiger partial charge < -0.3 is 9.47 Å². The SMILES string of the molecule is S=P12C3CCCCCCCC3OC3CCCCCCCCCC(OC4CCCCCCCC41)C32. The molecular formula is C30H53O2PS. The van der Waals surface area contributed by atoms with E-state index in [0.717, 1.165) is 0 Å². The summed E-state index contributed by atoms with van der Waals surface area (Å²) in [4.78, 5) is 0. The molecule has 2 nitrogen and oxygen atoms in total. The molecule has 0 N–H and O–H groups in total. The highest BCUT2D eigenvalue weighted by Crippen LogP contribution is 2.72. The van der Waals surface area contributed by atoms with E-state index in [1.54, 1.807) is 0 Å². The van der Waals surface area contributed by atoms with Crippen LogP contribution in [0.2, 0.25) is 0 Å². The van der Waals surface area contributed by atoms with Crippen LogP contribution in [-0.4, -0.2) is 41.4 Å². The Bertz CT molecular complexity index is 618. The van der Waals surface area contributed by atoms with Crippen molar-refractivity contribution in [2.24, 2.45) is 0 Å². The van der Waals surface area contributed by atoms with Crippen LogP contribution in [0, 0.1) is 0 Å². The van der Waals surface area contributed by atoms with Crippen LogP contribution >= 0.6 is 6.04 Å². The molecule has 5 rings (SSSR count). The third-order valence-electron chi connectivity index (χ3n) is 10.3. The van der Waals surface area contributed by atoms with Crippen LogP contribution in [0.4, 0.5) is 0 Å². The van der Waals surface area contributed by atoms with Crippen molar-refractivity contribution in [3.63, 3.8) is 0 Å². The van der Waals surface area contributed by atoms with Gasteiger partial charge in [0.2, 0.25) is 0 Å². The molecule has 0 bridgehead atoms. The highest BCUT2D eigenvalue weighted by atomic mass is 32.4. The molecule has 6 unspecified atom stereocenters. The number of fused-ring (bicyclic) bond motifs is 4. The molecule has 0 aromatic heterocycles. The summed E-state index contributed by atoms with van der Waals surface area (Å²) in [7, 11) is 0. The van der Waals surface area contributed by atoms with Gasteiger partial charge in [-0.05, 0) is 44.6 Å². The standard InChI is InChI=1S/C30H53O2PS/c34-33-28-22-16-10-4-8-12-18-24(28)31-26-20-14-6-2-1-3-7-15-21-27(30(26)33)32-25-19-13-9-5-11-17-23-29(25)33/h24-30H,1-23H2. The summed E-state index contributed by atoms with van der Waals surface area (Å²) < 4.78 is 14.5. The highest BCUT2D eigenvalue weighted by Gasteiger charge is 2.59. The molecule has 3 aliphatic carbocycles. The van der Waals surface area contributed by atoms with Crippen LogP contribution in [0.5, 0.6) is 0 Å². The van der Waals surface area contributed by atoms with E-state index in [1.165, 1.54) is 148 Å². The van der Waals surface area contributed by atoms with Crippen molar-refractivity contribution < 1.29 is 9.47 Å². The summed E-state index contributed by atoms with van der Waals surface area (Å²) in [6, 6.07) is -1.61. The molecule has 196 valence electrons. The third kappa shape index (κ3) is 5.84. The van der Waals surface area contributed by atoms with Gasteiger partial charge in [-0.15, -0.1) is 0 Å². The molecule has 0 radical (unpaired) electrons. The summed E-state index contributed by atoms with van der Waals surface area (Å²) >= 11 is 7.27. The molecule has 0 aromatic carbocycles. The first-order valence-electron chi connectivity index (χ1n) is 15.7. The van der Waals surface area contributed by atoms with Crippen LogP contribution in [-0.2, 0) is 21.3 Å². The van der Waals surface area contributed by atoms with Gasteiger partial charge in [-0.1, -0.05) is 121 Å². The molecule has 0 spiro atoms. The first-order chi connectivity index (χ1) is 16.8. The molecular weight excluding hydrogens is 455 g/mol. The molecule has 3 saturated carbocycles. The molecule has 2 aliphatic heterocycles. The zero-order valence-electron chi connectivity index (χ0n) is 22.0. The van der Waals surface area contributed by atoms with Crippen molar-refractivity contribution in [2.45, 2.75) is 189 Å². The van der Waals surface area contributed by atoms with E-state index in [2.05, 4.69) is 0 Å². The summed E-state index contributed by atoms with van der Waals surface area (Å²) in [5.41, 5.74) is 1.94. The van der Waals surface area contributed by atoms with E-state index in [4.69, 9.17) is 21.3 Å². The van der Waals surface area contributed by atoms with Crippen molar-refractivity contribution in [3.8, 4) is 0 Å². The van der Waals surface area contributed by atoms with E-state index in [-0.39, 0.29) is 0 Å². The average molecular weight is 509 g/mol. The zero-order valence-corrected chi connectivity index (χ0v) is 23.7. The Morgan fingerprint density at radius 1 is 0.382 bits per heavy atom.